The number of nitriles is 1. The largest absolute Gasteiger partial charge is 0.497 e. The van der Waals surface area contributed by atoms with Crippen molar-refractivity contribution in [3.63, 3.8) is 0 Å². The number of ether oxygens (including phenoxy) is 2. The van der Waals surface area contributed by atoms with Crippen molar-refractivity contribution in [1.29, 1.82) is 5.26 Å². The van der Waals surface area contributed by atoms with E-state index >= 15 is 0 Å². The van der Waals surface area contributed by atoms with Crippen molar-refractivity contribution >= 4 is 5.91 Å². The molecule has 0 aromatic heterocycles. The minimum atomic E-state index is -1.27. The third kappa shape index (κ3) is 3.60. The van der Waals surface area contributed by atoms with Gasteiger partial charge in [0.1, 0.15) is 29.2 Å². The van der Waals surface area contributed by atoms with E-state index < -0.39 is 23.6 Å². The number of hydrogen-bond donors (Lipinski definition) is 1. The Bertz CT molecular complexity index is 803. The molecule has 1 atom stereocenters. The third-order valence-electron chi connectivity index (χ3n) is 3.33. The van der Waals surface area contributed by atoms with Crippen LogP contribution in [0.4, 0.5) is 8.78 Å². The Balaban J connectivity index is 2.29. The molecule has 0 spiro atoms. The van der Waals surface area contributed by atoms with Crippen LogP contribution >= 0.6 is 0 Å². The molecule has 0 aliphatic heterocycles. The molecule has 0 saturated heterocycles. The van der Waals surface area contributed by atoms with Gasteiger partial charge < -0.3 is 14.8 Å². The lowest BCUT2D eigenvalue weighted by Crippen LogP contribution is -2.28. The summed E-state index contributed by atoms with van der Waals surface area (Å²) in [6.07, 6.45) is 0. The average Bonchev–Trinajstić information content (AvgIpc) is 2.59. The first-order valence-corrected chi connectivity index (χ1v) is 6.87. The molecule has 24 heavy (non-hydrogen) atoms. The highest BCUT2D eigenvalue weighted by atomic mass is 19.1. The summed E-state index contributed by atoms with van der Waals surface area (Å²) in [5.74, 6) is -1.59. The molecule has 0 heterocycles. The van der Waals surface area contributed by atoms with Crippen molar-refractivity contribution in [3.8, 4) is 17.6 Å². The van der Waals surface area contributed by atoms with Gasteiger partial charge in [-0.3, -0.25) is 4.79 Å². The number of carbonyl (C=O) groups excluding carboxylic acids is 1. The van der Waals surface area contributed by atoms with Gasteiger partial charge in [-0.1, -0.05) is 6.07 Å². The topological polar surface area (TPSA) is 71.3 Å². The van der Waals surface area contributed by atoms with Crippen molar-refractivity contribution in [2.45, 2.75) is 6.04 Å². The molecule has 2 aromatic carbocycles. The van der Waals surface area contributed by atoms with Gasteiger partial charge in [-0.25, -0.2) is 8.78 Å². The SMILES string of the molecule is COc1ccc(C(=O)NC(C#N)c2ccc(F)cc2F)c(OC)c1. The van der Waals surface area contributed by atoms with E-state index in [1.165, 1.54) is 26.4 Å². The van der Waals surface area contributed by atoms with Crippen LogP contribution in [0.15, 0.2) is 36.4 Å². The fraction of sp³-hybridized carbons (Fsp3) is 0.176. The molecule has 0 saturated carbocycles. The van der Waals surface area contributed by atoms with Crippen LogP contribution in [0.1, 0.15) is 22.0 Å². The van der Waals surface area contributed by atoms with E-state index in [9.17, 15) is 18.8 Å². The highest BCUT2D eigenvalue weighted by molar-refractivity contribution is 5.97. The summed E-state index contributed by atoms with van der Waals surface area (Å²) in [7, 11) is 2.85. The first-order chi connectivity index (χ1) is 11.5. The van der Waals surface area contributed by atoms with Crippen molar-refractivity contribution in [3.05, 3.63) is 59.2 Å². The van der Waals surface area contributed by atoms with Gasteiger partial charge >= 0.3 is 0 Å². The van der Waals surface area contributed by atoms with Crippen LogP contribution in [-0.2, 0) is 0 Å². The van der Waals surface area contributed by atoms with E-state index in [-0.39, 0.29) is 16.9 Å². The van der Waals surface area contributed by atoms with Crippen molar-refractivity contribution in [1.82, 2.24) is 5.32 Å². The Morgan fingerprint density at radius 3 is 2.50 bits per heavy atom. The highest BCUT2D eigenvalue weighted by Gasteiger charge is 2.21. The maximum absolute atomic E-state index is 13.8. The summed E-state index contributed by atoms with van der Waals surface area (Å²) in [5, 5.41) is 11.6. The van der Waals surface area contributed by atoms with Crippen LogP contribution in [0.2, 0.25) is 0 Å². The number of amides is 1. The molecule has 0 fully saturated rings. The Morgan fingerprint density at radius 1 is 1.17 bits per heavy atom. The average molecular weight is 332 g/mol. The molecule has 0 aliphatic rings. The van der Waals surface area contributed by atoms with Gasteiger partial charge in [0.15, 0.2) is 0 Å². The number of rotatable bonds is 5. The van der Waals surface area contributed by atoms with Gasteiger partial charge in [0.2, 0.25) is 0 Å². The molecular formula is C17H14F2N2O3. The summed E-state index contributed by atoms with van der Waals surface area (Å²) in [4.78, 5) is 12.4. The monoisotopic (exact) mass is 332 g/mol. The molecule has 0 bridgehead atoms. The molecule has 1 amide bonds. The number of hydrogen-bond acceptors (Lipinski definition) is 4. The molecule has 5 nitrogen and oxygen atoms in total. The number of halogens is 2. The lowest BCUT2D eigenvalue weighted by atomic mass is 10.1. The Kier molecular flexibility index (Phi) is 5.32. The molecule has 0 radical (unpaired) electrons. The predicted molar refractivity (Wildman–Crippen MR) is 81.7 cm³/mol. The van der Waals surface area contributed by atoms with Gasteiger partial charge in [0, 0.05) is 17.7 Å². The Hall–Kier alpha value is -3.14. The Labute approximate surface area is 137 Å². The zero-order chi connectivity index (χ0) is 17.7. The number of nitrogens with one attached hydrogen (secondary N) is 1. The van der Waals surface area contributed by atoms with E-state index in [0.29, 0.717) is 11.8 Å². The summed E-state index contributed by atoms with van der Waals surface area (Å²) in [6.45, 7) is 0. The molecule has 1 unspecified atom stereocenters. The lowest BCUT2D eigenvalue weighted by molar-refractivity contribution is 0.0941. The highest BCUT2D eigenvalue weighted by Crippen LogP contribution is 2.25. The van der Waals surface area contributed by atoms with Crippen LogP contribution < -0.4 is 14.8 Å². The number of benzene rings is 2. The first kappa shape index (κ1) is 17.2. The molecule has 0 aliphatic carbocycles. The fourth-order valence-electron chi connectivity index (χ4n) is 2.11. The van der Waals surface area contributed by atoms with Crippen molar-refractivity contribution in [2.24, 2.45) is 0 Å². The lowest BCUT2D eigenvalue weighted by Gasteiger charge is -2.15. The number of methoxy groups -OCH3 is 2. The fourth-order valence-corrected chi connectivity index (χ4v) is 2.11. The second-order valence-corrected chi connectivity index (χ2v) is 4.77. The van der Waals surface area contributed by atoms with E-state index in [1.54, 1.807) is 12.1 Å². The van der Waals surface area contributed by atoms with E-state index in [1.807, 2.05) is 0 Å². The standard InChI is InChI=1S/C17H14F2N2O3/c1-23-11-4-6-13(16(8-11)24-2)17(22)21-15(9-20)12-5-3-10(18)7-14(12)19/h3-8,15H,1-2H3,(H,21,22). The minimum Gasteiger partial charge on any atom is -0.497 e. The van der Waals surface area contributed by atoms with Gasteiger partial charge in [0.25, 0.3) is 5.91 Å². The van der Waals surface area contributed by atoms with E-state index in [2.05, 4.69) is 5.32 Å². The molecule has 2 rings (SSSR count). The van der Waals surface area contributed by atoms with Gasteiger partial charge in [-0.15, -0.1) is 0 Å². The zero-order valence-corrected chi connectivity index (χ0v) is 13.0. The second-order valence-electron chi connectivity index (χ2n) is 4.77. The van der Waals surface area contributed by atoms with Crippen LogP contribution in [0, 0.1) is 23.0 Å². The van der Waals surface area contributed by atoms with E-state index in [0.717, 1.165) is 12.1 Å². The van der Waals surface area contributed by atoms with Crippen molar-refractivity contribution in [2.75, 3.05) is 14.2 Å². The first-order valence-electron chi connectivity index (χ1n) is 6.87. The quantitative estimate of drug-likeness (QED) is 0.914. The Morgan fingerprint density at radius 2 is 1.92 bits per heavy atom. The minimum absolute atomic E-state index is 0.125. The zero-order valence-electron chi connectivity index (χ0n) is 13.0. The molecule has 124 valence electrons. The summed E-state index contributed by atoms with van der Waals surface area (Å²) < 4.78 is 36.9. The van der Waals surface area contributed by atoms with Gasteiger partial charge in [-0.05, 0) is 18.2 Å². The third-order valence-corrected chi connectivity index (χ3v) is 3.33. The summed E-state index contributed by atoms with van der Waals surface area (Å²) >= 11 is 0. The normalized spacial score (nSPS) is 11.3. The van der Waals surface area contributed by atoms with Crippen LogP contribution in [0.25, 0.3) is 0 Å². The predicted octanol–water partition coefficient (Wildman–Crippen LogP) is 2.98. The summed E-state index contributed by atoms with van der Waals surface area (Å²) in [6, 6.07) is 7.81. The molecule has 2 aromatic rings. The van der Waals surface area contributed by atoms with Crippen LogP contribution in [0.5, 0.6) is 11.5 Å². The smallest absolute Gasteiger partial charge is 0.256 e. The maximum Gasteiger partial charge on any atom is 0.256 e. The van der Waals surface area contributed by atoms with E-state index in [4.69, 9.17) is 9.47 Å². The maximum atomic E-state index is 13.8. The van der Waals surface area contributed by atoms with Crippen molar-refractivity contribution < 1.29 is 23.0 Å². The van der Waals surface area contributed by atoms with Gasteiger partial charge in [0.05, 0.1) is 25.9 Å². The number of nitrogens with zero attached hydrogens (tertiary/aromatic N) is 1. The summed E-state index contributed by atoms with van der Waals surface area (Å²) in [5.41, 5.74) is 0.0285. The van der Waals surface area contributed by atoms with Gasteiger partial charge in [-0.2, -0.15) is 5.26 Å². The number of carbonyl (C=O) groups is 1. The molecular weight excluding hydrogens is 318 g/mol. The molecule has 7 heteroatoms. The van der Waals surface area contributed by atoms with Crippen LogP contribution in [0.3, 0.4) is 0 Å². The molecule has 1 N–H and O–H groups in total. The second kappa shape index (κ2) is 7.42. The van der Waals surface area contributed by atoms with Crippen LogP contribution in [-0.4, -0.2) is 20.1 Å².